The Morgan fingerprint density at radius 2 is 2.12 bits per heavy atom. The van der Waals surface area contributed by atoms with Gasteiger partial charge in [0.05, 0.1) is 19.3 Å². The van der Waals surface area contributed by atoms with E-state index in [1.807, 2.05) is 18.2 Å². The summed E-state index contributed by atoms with van der Waals surface area (Å²) in [7, 11) is 0. The van der Waals surface area contributed by atoms with E-state index in [2.05, 4.69) is 0 Å². The Balaban J connectivity index is 1.49. The third-order valence-electron chi connectivity index (χ3n) is 2.69. The smallest absolute Gasteiger partial charge is 0.231 e. The SMILES string of the molecule is c1cc2c(cc1COCCC1CO1)OCO2. The molecule has 0 aromatic heterocycles. The fourth-order valence-electron chi connectivity index (χ4n) is 1.67. The van der Waals surface area contributed by atoms with Gasteiger partial charge in [-0.25, -0.2) is 0 Å². The molecule has 86 valence electrons. The molecule has 1 aromatic carbocycles. The van der Waals surface area contributed by atoms with Crippen LogP contribution in [0.1, 0.15) is 12.0 Å². The Hall–Kier alpha value is -1.26. The lowest BCUT2D eigenvalue weighted by Gasteiger charge is -2.04. The van der Waals surface area contributed by atoms with Crippen molar-refractivity contribution < 1.29 is 18.9 Å². The molecule has 1 atom stereocenters. The van der Waals surface area contributed by atoms with E-state index >= 15 is 0 Å². The molecule has 0 aliphatic carbocycles. The minimum Gasteiger partial charge on any atom is -0.454 e. The normalized spacial score (nSPS) is 21.1. The number of rotatable bonds is 5. The Kier molecular flexibility index (Phi) is 2.68. The van der Waals surface area contributed by atoms with Crippen molar-refractivity contribution in [2.24, 2.45) is 0 Å². The van der Waals surface area contributed by atoms with Gasteiger partial charge in [0.15, 0.2) is 11.5 Å². The molecule has 0 saturated carbocycles. The van der Waals surface area contributed by atoms with Crippen LogP contribution in [0.4, 0.5) is 0 Å². The summed E-state index contributed by atoms with van der Waals surface area (Å²) in [6, 6.07) is 5.89. The Labute approximate surface area is 94.1 Å². The molecule has 0 N–H and O–H groups in total. The molecule has 0 radical (unpaired) electrons. The molecule has 0 bridgehead atoms. The highest BCUT2D eigenvalue weighted by Gasteiger charge is 2.21. The highest BCUT2D eigenvalue weighted by molar-refractivity contribution is 5.44. The van der Waals surface area contributed by atoms with E-state index in [1.54, 1.807) is 0 Å². The summed E-state index contributed by atoms with van der Waals surface area (Å²) in [6.07, 6.45) is 1.43. The van der Waals surface area contributed by atoms with Gasteiger partial charge in [0.2, 0.25) is 6.79 Å². The first kappa shape index (κ1) is 9.93. The molecule has 16 heavy (non-hydrogen) atoms. The van der Waals surface area contributed by atoms with Crippen LogP contribution in [0.2, 0.25) is 0 Å². The average Bonchev–Trinajstić information content (AvgIpc) is 3.01. The minimum absolute atomic E-state index is 0.318. The van der Waals surface area contributed by atoms with Crippen molar-refractivity contribution in [1.29, 1.82) is 0 Å². The third kappa shape index (κ3) is 2.28. The third-order valence-corrected chi connectivity index (χ3v) is 2.69. The summed E-state index contributed by atoms with van der Waals surface area (Å²) in [5.74, 6) is 1.63. The summed E-state index contributed by atoms with van der Waals surface area (Å²) in [4.78, 5) is 0. The second-order valence-corrected chi connectivity index (χ2v) is 3.98. The van der Waals surface area contributed by atoms with Crippen LogP contribution in [-0.4, -0.2) is 26.1 Å². The Bertz CT molecular complexity index is 373. The molecule has 1 fully saturated rings. The van der Waals surface area contributed by atoms with Gasteiger partial charge in [0.25, 0.3) is 0 Å². The summed E-state index contributed by atoms with van der Waals surface area (Å²) >= 11 is 0. The second kappa shape index (κ2) is 4.31. The lowest BCUT2D eigenvalue weighted by Crippen LogP contribution is -1.98. The molecule has 1 unspecified atom stereocenters. The van der Waals surface area contributed by atoms with Crippen molar-refractivity contribution >= 4 is 0 Å². The van der Waals surface area contributed by atoms with Gasteiger partial charge in [-0.2, -0.15) is 0 Å². The first-order valence-electron chi connectivity index (χ1n) is 5.50. The summed E-state index contributed by atoms with van der Waals surface area (Å²) in [5.41, 5.74) is 1.11. The molecule has 2 aliphatic rings. The van der Waals surface area contributed by atoms with Crippen LogP contribution in [0, 0.1) is 0 Å². The fraction of sp³-hybridized carbons (Fsp3) is 0.500. The Morgan fingerprint density at radius 3 is 3.00 bits per heavy atom. The van der Waals surface area contributed by atoms with E-state index in [9.17, 15) is 0 Å². The van der Waals surface area contributed by atoms with Crippen LogP contribution in [0.25, 0.3) is 0 Å². The van der Waals surface area contributed by atoms with Crippen LogP contribution >= 0.6 is 0 Å². The number of hydrogen-bond donors (Lipinski definition) is 0. The van der Waals surface area contributed by atoms with E-state index < -0.39 is 0 Å². The van der Waals surface area contributed by atoms with Gasteiger partial charge in [-0.15, -0.1) is 0 Å². The van der Waals surface area contributed by atoms with Crippen LogP contribution in [0.3, 0.4) is 0 Å². The minimum atomic E-state index is 0.318. The van der Waals surface area contributed by atoms with Crippen molar-refractivity contribution in [3.05, 3.63) is 23.8 Å². The van der Waals surface area contributed by atoms with Crippen molar-refractivity contribution in [3.63, 3.8) is 0 Å². The van der Waals surface area contributed by atoms with Gasteiger partial charge in [-0.05, 0) is 24.1 Å². The van der Waals surface area contributed by atoms with Gasteiger partial charge < -0.3 is 18.9 Å². The molecule has 1 saturated heterocycles. The monoisotopic (exact) mass is 222 g/mol. The standard InChI is InChI=1S/C12H14O4/c1-2-11-12(16-8-15-11)5-9(1)6-13-4-3-10-7-14-10/h1-2,5,10H,3-4,6-8H2. The van der Waals surface area contributed by atoms with E-state index in [0.29, 0.717) is 19.5 Å². The maximum absolute atomic E-state index is 5.55. The largest absolute Gasteiger partial charge is 0.454 e. The van der Waals surface area contributed by atoms with Crippen molar-refractivity contribution in [2.45, 2.75) is 19.1 Å². The summed E-state index contributed by atoms with van der Waals surface area (Å²) in [5, 5.41) is 0. The Morgan fingerprint density at radius 1 is 1.25 bits per heavy atom. The van der Waals surface area contributed by atoms with Crippen LogP contribution < -0.4 is 9.47 Å². The predicted molar refractivity (Wildman–Crippen MR) is 56.6 cm³/mol. The van der Waals surface area contributed by atoms with Crippen molar-refractivity contribution in [1.82, 2.24) is 0 Å². The van der Waals surface area contributed by atoms with Crippen molar-refractivity contribution in [3.8, 4) is 11.5 Å². The molecule has 3 rings (SSSR count). The highest BCUT2D eigenvalue weighted by atomic mass is 16.7. The number of hydrogen-bond acceptors (Lipinski definition) is 4. The number of ether oxygens (including phenoxy) is 4. The quantitative estimate of drug-likeness (QED) is 0.562. The van der Waals surface area contributed by atoms with Gasteiger partial charge in [-0.1, -0.05) is 6.07 Å². The molecule has 1 aromatic rings. The zero-order chi connectivity index (χ0) is 10.8. The highest BCUT2D eigenvalue weighted by Crippen LogP contribution is 2.32. The second-order valence-electron chi connectivity index (χ2n) is 3.98. The first-order chi connectivity index (χ1) is 7.92. The van der Waals surface area contributed by atoms with Gasteiger partial charge in [-0.3, -0.25) is 0 Å². The van der Waals surface area contributed by atoms with Crippen LogP contribution in [0.15, 0.2) is 18.2 Å². The fourth-order valence-corrected chi connectivity index (χ4v) is 1.67. The van der Waals surface area contributed by atoms with E-state index in [4.69, 9.17) is 18.9 Å². The molecule has 2 aliphatic heterocycles. The predicted octanol–water partition coefficient (Wildman–Crippen LogP) is 1.72. The lowest BCUT2D eigenvalue weighted by atomic mass is 10.2. The molecule has 0 amide bonds. The maximum atomic E-state index is 5.55. The molecule has 0 spiro atoms. The first-order valence-corrected chi connectivity index (χ1v) is 5.50. The average molecular weight is 222 g/mol. The zero-order valence-electron chi connectivity index (χ0n) is 8.98. The van der Waals surface area contributed by atoms with Crippen molar-refractivity contribution in [2.75, 3.05) is 20.0 Å². The summed E-state index contributed by atoms with van der Waals surface area (Å²) in [6.45, 7) is 2.58. The molecular formula is C12H14O4. The number of benzene rings is 1. The van der Waals surface area contributed by atoms with E-state index in [1.165, 1.54) is 0 Å². The van der Waals surface area contributed by atoms with Gasteiger partial charge >= 0.3 is 0 Å². The lowest BCUT2D eigenvalue weighted by molar-refractivity contribution is 0.112. The molecule has 4 nitrogen and oxygen atoms in total. The molecule has 2 heterocycles. The summed E-state index contributed by atoms with van der Waals surface area (Å²) < 4.78 is 21.2. The molecule has 4 heteroatoms. The number of epoxide rings is 1. The number of fused-ring (bicyclic) bond motifs is 1. The van der Waals surface area contributed by atoms with E-state index in [-0.39, 0.29) is 0 Å². The van der Waals surface area contributed by atoms with Crippen LogP contribution in [0.5, 0.6) is 11.5 Å². The zero-order valence-corrected chi connectivity index (χ0v) is 8.98. The maximum Gasteiger partial charge on any atom is 0.231 e. The topological polar surface area (TPSA) is 40.2 Å². The van der Waals surface area contributed by atoms with Gasteiger partial charge in [0, 0.05) is 6.61 Å². The van der Waals surface area contributed by atoms with Crippen LogP contribution in [-0.2, 0) is 16.1 Å². The molecular weight excluding hydrogens is 208 g/mol. The van der Waals surface area contributed by atoms with E-state index in [0.717, 1.165) is 36.7 Å². The van der Waals surface area contributed by atoms with Gasteiger partial charge in [0.1, 0.15) is 0 Å².